The lowest BCUT2D eigenvalue weighted by atomic mass is 9.97. The molecule has 5 heteroatoms. The van der Waals surface area contributed by atoms with E-state index in [-0.39, 0.29) is 18.6 Å². The minimum Gasteiger partial charge on any atom is -0.481 e. The van der Waals surface area contributed by atoms with Crippen LogP contribution in [0.2, 0.25) is 0 Å². The summed E-state index contributed by atoms with van der Waals surface area (Å²) in [7, 11) is 0. The van der Waals surface area contributed by atoms with Gasteiger partial charge >= 0.3 is 5.97 Å². The SMILES string of the molecule is CC(C(=O)O)C(=O)N1CCCCC1CCO. The van der Waals surface area contributed by atoms with Crippen LogP contribution in [0.15, 0.2) is 0 Å². The van der Waals surface area contributed by atoms with E-state index < -0.39 is 11.9 Å². The number of aliphatic hydroxyl groups is 1. The fraction of sp³-hybridized carbons (Fsp3) is 0.818. The smallest absolute Gasteiger partial charge is 0.315 e. The molecule has 2 unspecified atom stereocenters. The molecule has 0 aromatic heterocycles. The van der Waals surface area contributed by atoms with Crippen LogP contribution in [0.4, 0.5) is 0 Å². The molecule has 2 atom stereocenters. The number of carboxylic acids is 1. The summed E-state index contributed by atoms with van der Waals surface area (Å²) in [6.07, 6.45) is 3.35. The van der Waals surface area contributed by atoms with Crippen molar-refractivity contribution in [3.05, 3.63) is 0 Å². The van der Waals surface area contributed by atoms with Crippen LogP contribution in [0.25, 0.3) is 0 Å². The number of piperidine rings is 1. The molecule has 0 bridgehead atoms. The van der Waals surface area contributed by atoms with Crippen LogP contribution in [0.1, 0.15) is 32.6 Å². The number of carbonyl (C=O) groups is 2. The first kappa shape index (κ1) is 13.0. The molecule has 1 saturated heterocycles. The van der Waals surface area contributed by atoms with Crippen molar-refractivity contribution in [3.8, 4) is 0 Å². The minimum absolute atomic E-state index is 0.00745. The maximum absolute atomic E-state index is 11.9. The van der Waals surface area contributed by atoms with Gasteiger partial charge < -0.3 is 15.1 Å². The van der Waals surface area contributed by atoms with Crippen LogP contribution in [0.3, 0.4) is 0 Å². The van der Waals surface area contributed by atoms with E-state index in [0.717, 1.165) is 19.3 Å². The molecule has 0 spiro atoms. The maximum Gasteiger partial charge on any atom is 0.315 e. The van der Waals surface area contributed by atoms with Gasteiger partial charge in [-0.25, -0.2) is 0 Å². The van der Waals surface area contributed by atoms with Gasteiger partial charge in [0.05, 0.1) is 0 Å². The second-order valence-electron chi connectivity index (χ2n) is 4.25. The Balaban J connectivity index is 2.67. The van der Waals surface area contributed by atoms with Crippen LogP contribution < -0.4 is 0 Å². The Hall–Kier alpha value is -1.10. The van der Waals surface area contributed by atoms with Gasteiger partial charge in [-0.3, -0.25) is 9.59 Å². The van der Waals surface area contributed by atoms with Gasteiger partial charge in [-0.2, -0.15) is 0 Å². The first-order chi connectivity index (χ1) is 7.57. The van der Waals surface area contributed by atoms with Gasteiger partial charge in [0.2, 0.25) is 5.91 Å². The molecule has 1 rings (SSSR count). The molecule has 1 heterocycles. The van der Waals surface area contributed by atoms with E-state index >= 15 is 0 Å². The number of carbonyl (C=O) groups excluding carboxylic acids is 1. The molecule has 5 nitrogen and oxygen atoms in total. The molecule has 92 valence electrons. The summed E-state index contributed by atoms with van der Waals surface area (Å²) in [5.41, 5.74) is 0. The first-order valence-corrected chi connectivity index (χ1v) is 5.72. The normalized spacial score (nSPS) is 22.9. The number of aliphatic hydroxyl groups excluding tert-OH is 1. The van der Waals surface area contributed by atoms with Crippen LogP contribution in [-0.4, -0.2) is 46.2 Å². The van der Waals surface area contributed by atoms with Crippen LogP contribution in [0, 0.1) is 5.92 Å². The summed E-state index contributed by atoms with van der Waals surface area (Å²) in [6.45, 7) is 2.06. The fourth-order valence-electron chi connectivity index (χ4n) is 2.09. The Kier molecular flexibility index (Phi) is 4.73. The van der Waals surface area contributed by atoms with E-state index in [4.69, 9.17) is 10.2 Å². The standard InChI is InChI=1S/C11H19NO4/c1-8(11(15)16)10(14)12-6-3-2-4-9(12)5-7-13/h8-9,13H,2-7H2,1H3,(H,15,16). The highest BCUT2D eigenvalue weighted by molar-refractivity contribution is 5.96. The summed E-state index contributed by atoms with van der Waals surface area (Å²) in [5.74, 6) is -2.40. The summed E-state index contributed by atoms with van der Waals surface area (Å²) < 4.78 is 0. The molecule has 0 aromatic rings. The lowest BCUT2D eigenvalue weighted by Gasteiger charge is -2.36. The number of carboxylic acid groups (broad SMARTS) is 1. The summed E-state index contributed by atoms with van der Waals surface area (Å²) in [4.78, 5) is 24.3. The van der Waals surface area contributed by atoms with Crippen molar-refractivity contribution < 1.29 is 19.8 Å². The van der Waals surface area contributed by atoms with E-state index in [2.05, 4.69) is 0 Å². The molecule has 1 amide bonds. The number of hydrogen-bond acceptors (Lipinski definition) is 3. The lowest BCUT2D eigenvalue weighted by Crippen LogP contribution is -2.47. The van der Waals surface area contributed by atoms with Crippen molar-refractivity contribution in [2.45, 2.75) is 38.6 Å². The highest BCUT2D eigenvalue weighted by Crippen LogP contribution is 2.21. The molecule has 0 aliphatic carbocycles. The second-order valence-corrected chi connectivity index (χ2v) is 4.25. The Morgan fingerprint density at radius 1 is 1.44 bits per heavy atom. The number of amides is 1. The predicted molar refractivity (Wildman–Crippen MR) is 57.9 cm³/mol. The third-order valence-electron chi connectivity index (χ3n) is 3.11. The number of hydrogen-bond donors (Lipinski definition) is 2. The Bertz CT molecular complexity index is 265. The predicted octanol–water partition coefficient (Wildman–Crippen LogP) is 0.471. The van der Waals surface area contributed by atoms with Crippen LogP contribution in [-0.2, 0) is 9.59 Å². The Morgan fingerprint density at radius 3 is 2.69 bits per heavy atom. The van der Waals surface area contributed by atoms with Gasteiger partial charge in [0.15, 0.2) is 0 Å². The topological polar surface area (TPSA) is 77.8 Å². The van der Waals surface area contributed by atoms with E-state index in [1.165, 1.54) is 6.92 Å². The molecule has 2 N–H and O–H groups in total. The Labute approximate surface area is 95.1 Å². The van der Waals surface area contributed by atoms with Gasteiger partial charge in [0, 0.05) is 19.2 Å². The zero-order valence-electron chi connectivity index (χ0n) is 9.56. The first-order valence-electron chi connectivity index (χ1n) is 5.72. The second kappa shape index (κ2) is 5.84. The number of nitrogens with zero attached hydrogens (tertiary/aromatic N) is 1. The third kappa shape index (κ3) is 2.95. The molecule has 0 aromatic carbocycles. The fourth-order valence-corrected chi connectivity index (χ4v) is 2.09. The highest BCUT2D eigenvalue weighted by Gasteiger charge is 2.32. The molecule has 1 aliphatic heterocycles. The molecule has 0 saturated carbocycles. The minimum atomic E-state index is -1.08. The van der Waals surface area contributed by atoms with E-state index in [0.29, 0.717) is 13.0 Å². The van der Waals surface area contributed by atoms with E-state index in [1.807, 2.05) is 0 Å². The molecular weight excluding hydrogens is 210 g/mol. The number of likely N-dealkylation sites (tertiary alicyclic amines) is 1. The molecular formula is C11H19NO4. The largest absolute Gasteiger partial charge is 0.481 e. The van der Waals surface area contributed by atoms with Crippen LogP contribution in [0.5, 0.6) is 0 Å². The van der Waals surface area contributed by atoms with Gasteiger partial charge in [-0.05, 0) is 32.6 Å². The van der Waals surface area contributed by atoms with Gasteiger partial charge in [0.25, 0.3) is 0 Å². The van der Waals surface area contributed by atoms with Crippen molar-refractivity contribution in [1.29, 1.82) is 0 Å². The monoisotopic (exact) mass is 229 g/mol. The van der Waals surface area contributed by atoms with E-state index in [1.54, 1.807) is 4.90 Å². The summed E-state index contributed by atoms with van der Waals surface area (Å²) >= 11 is 0. The van der Waals surface area contributed by atoms with Crippen molar-refractivity contribution in [1.82, 2.24) is 4.90 Å². The zero-order valence-corrected chi connectivity index (χ0v) is 9.56. The molecule has 16 heavy (non-hydrogen) atoms. The Morgan fingerprint density at radius 2 is 2.12 bits per heavy atom. The van der Waals surface area contributed by atoms with Crippen molar-refractivity contribution in [3.63, 3.8) is 0 Å². The van der Waals surface area contributed by atoms with Crippen molar-refractivity contribution in [2.24, 2.45) is 5.92 Å². The van der Waals surface area contributed by atoms with Gasteiger partial charge in [-0.1, -0.05) is 0 Å². The summed E-state index contributed by atoms with van der Waals surface area (Å²) in [6, 6.07) is 0.00745. The highest BCUT2D eigenvalue weighted by atomic mass is 16.4. The van der Waals surface area contributed by atoms with Crippen LogP contribution >= 0.6 is 0 Å². The maximum atomic E-state index is 11.9. The zero-order chi connectivity index (χ0) is 12.1. The van der Waals surface area contributed by atoms with E-state index in [9.17, 15) is 9.59 Å². The van der Waals surface area contributed by atoms with Crippen molar-refractivity contribution >= 4 is 11.9 Å². The molecule has 1 aliphatic rings. The number of aliphatic carboxylic acids is 1. The third-order valence-corrected chi connectivity index (χ3v) is 3.11. The number of rotatable bonds is 4. The molecule has 1 fully saturated rings. The van der Waals surface area contributed by atoms with Crippen molar-refractivity contribution in [2.75, 3.05) is 13.2 Å². The molecule has 0 radical (unpaired) electrons. The average molecular weight is 229 g/mol. The van der Waals surface area contributed by atoms with Gasteiger partial charge in [0.1, 0.15) is 5.92 Å². The lowest BCUT2D eigenvalue weighted by molar-refractivity contribution is -0.152. The summed E-state index contributed by atoms with van der Waals surface area (Å²) in [5, 5.41) is 17.7. The average Bonchev–Trinajstić information content (AvgIpc) is 2.28. The quantitative estimate of drug-likeness (QED) is 0.687. The van der Waals surface area contributed by atoms with Gasteiger partial charge in [-0.15, -0.1) is 0 Å².